The topological polar surface area (TPSA) is 87.6 Å². The van der Waals surface area contributed by atoms with Gasteiger partial charge in [-0.15, -0.1) is 0 Å². The van der Waals surface area contributed by atoms with Crippen molar-refractivity contribution in [1.82, 2.24) is 0 Å². The van der Waals surface area contributed by atoms with Gasteiger partial charge >= 0.3 is 0 Å². The number of nitro benzene ring substituents is 1. The standard InChI is InChI=1S/C14H20N2O4/c1-19-12-3-2-4-13(8-12)20-9-10-7-11(16(17)18)5-6-14(10)15/h5-7,12-13H,2-4,8-9,15H2,1H3. The monoisotopic (exact) mass is 280 g/mol. The summed E-state index contributed by atoms with van der Waals surface area (Å²) >= 11 is 0. The Hall–Kier alpha value is -1.66. The van der Waals surface area contributed by atoms with Gasteiger partial charge in [0, 0.05) is 30.5 Å². The van der Waals surface area contributed by atoms with Gasteiger partial charge in [0.05, 0.1) is 23.7 Å². The lowest BCUT2D eigenvalue weighted by Gasteiger charge is -2.28. The van der Waals surface area contributed by atoms with Gasteiger partial charge in [0.15, 0.2) is 0 Å². The third-order valence-electron chi connectivity index (χ3n) is 3.72. The van der Waals surface area contributed by atoms with Gasteiger partial charge in [0.1, 0.15) is 0 Å². The van der Waals surface area contributed by atoms with Gasteiger partial charge in [-0.2, -0.15) is 0 Å². The van der Waals surface area contributed by atoms with Crippen LogP contribution in [0.5, 0.6) is 0 Å². The molecule has 0 spiro atoms. The molecule has 1 aliphatic carbocycles. The summed E-state index contributed by atoms with van der Waals surface area (Å²) in [6.45, 7) is 0.300. The van der Waals surface area contributed by atoms with E-state index in [4.69, 9.17) is 15.2 Å². The molecule has 0 bridgehead atoms. The van der Waals surface area contributed by atoms with E-state index in [2.05, 4.69) is 0 Å². The molecule has 1 aliphatic rings. The molecule has 0 aliphatic heterocycles. The lowest BCUT2D eigenvalue weighted by molar-refractivity contribution is -0.384. The fraction of sp³-hybridized carbons (Fsp3) is 0.571. The molecule has 6 heteroatoms. The van der Waals surface area contributed by atoms with Crippen molar-refractivity contribution in [3.63, 3.8) is 0 Å². The van der Waals surface area contributed by atoms with Crippen LogP contribution in [0.3, 0.4) is 0 Å². The molecule has 6 nitrogen and oxygen atoms in total. The van der Waals surface area contributed by atoms with Gasteiger partial charge in [-0.05, 0) is 31.7 Å². The molecular formula is C14H20N2O4. The number of benzene rings is 1. The number of nitrogens with two attached hydrogens (primary N) is 1. The molecule has 0 saturated heterocycles. The summed E-state index contributed by atoms with van der Waals surface area (Å²) in [6.07, 6.45) is 4.38. The second-order valence-corrected chi connectivity index (χ2v) is 5.10. The van der Waals surface area contributed by atoms with Crippen LogP contribution in [0.4, 0.5) is 11.4 Å². The van der Waals surface area contributed by atoms with Gasteiger partial charge in [0.2, 0.25) is 0 Å². The minimum absolute atomic E-state index is 0.0382. The molecule has 0 aromatic heterocycles. The fourth-order valence-electron chi connectivity index (χ4n) is 2.51. The molecule has 1 aromatic carbocycles. The molecule has 1 fully saturated rings. The van der Waals surface area contributed by atoms with Gasteiger partial charge < -0.3 is 15.2 Å². The number of hydrogen-bond donors (Lipinski definition) is 1. The normalized spacial score (nSPS) is 22.6. The molecule has 1 aromatic rings. The summed E-state index contributed by atoms with van der Waals surface area (Å²) in [4.78, 5) is 10.3. The zero-order chi connectivity index (χ0) is 14.5. The molecule has 0 amide bonds. The van der Waals surface area contributed by atoms with Crippen molar-refractivity contribution in [1.29, 1.82) is 0 Å². The predicted molar refractivity (Wildman–Crippen MR) is 75.4 cm³/mol. The molecule has 20 heavy (non-hydrogen) atoms. The molecule has 2 unspecified atom stereocenters. The maximum Gasteiger partial charge on any atom is 0.269 e. The number of hydrogen-bond acceptors (Lipinski definition) is 5. The quantitative estimate of drug-likeness (QED) is 0.509. The summed E-state index contributed by atoms with van der Waals surface area (Å²) in [5.41, 5.74) is 7.06. The third-order valence-corrected chi connectivity index (χ3v) is 3.72. The second-order valence-electron chi connectivity index (χ2n) is 5.10. The summed E-state index contributed by atoms with van der Waals surface area (Å²) in [7, 11) is 1.71. The number of ether oxygens (including phenoxy) is 2. The van der Waals surface area contributed by atoms with Crippen LogP contribution >= 0.6 is 0 Å². The van der Waals surface area contributed by atoms with E-state index in [-0.39, 0.29) is 17.9 Å². The van der Waals surface area contributed by atoms with E-state index in [1.165, 1.54) is 12.1 Å². The van der Waals surface area contributed by atoms with Gasteiger partial charge in [-0.25, -0.2) is 0 Å². The maximum absolute atomic E-state index is 10.8. The first kappa shape index (κ1) is 14.7. The Labute approximate surface area is 118 Å². The lowest BCUT2D eigenvalue weighted by atomic mass is 9.95. The largest absolute Gasteiger partial charge is 0.398 e. The van der Waals surface area contributed by atoms with Crippen molar-refractivity contribution in [3.8, 4) is 0 Å². The Bertz CT molecular complexity index is 478. The molecule has 1 saturated carbocycles. The minimum Gasteiger partial charge on any atom is -0.398 e. The van der Waals surface area contributed by atoms with E-state index in [0.29, 0.717) is 17.9 Å². The molecule has 110 valence electrons. The van der Waals surface area contributed by atoms with Gasteiger partial charge in [0.25, 0.3) is 5.69 Å². The average Bonchev–Trinajstić information content (AvgIpc) is 2.46. The van der Waals surface area contributed by atoms with Crippen LogP contribution in [0, 0.1) is 10.1 Å². The average molecular weight is 280 g/mol. The highest BCUT2D eigenvalue weighted by atomic mass is 16.6. The molecule has 2 atom stereocenters. The van der Waals surface area contributed by atoms with E-state index >= 15 is 0 Å². The Morgan fingerprint density at radius 2 is 2.15 bits per heavy atom. The van der Waals surface area contributed by atoms with E-state index in [1.807, 2.05) is 0 Å². The predicted octanol–water partition coefficient (Wildman–Crippen LogP) is 2.65. The van der Waals surface area contributed by atoms with Crippen LogP contribution < -0.4 is 5.73 Å². The highest BCUT2D eigenvalue weighted by Crippen LogP contribution is 2.26. The Balaban J connectivity index is 1.96. The number of rotatable bonds is 5. The Kier molecular flexibility index (Phi) is 4.92. The van der Waals surface area contributed by atoms with Crippen LogP contribution in [0.15, 0.2) is 18.2 Å². The van der Waals surface area contributed by atoms with Crippen LogP contribution in [0.25, 0.3) is 0 Å². The summed E-state index contributed by atoms with van der Waals surface area (Å²) in [6, 6.07) is 4.43. The maximum atomic E-state index is 10.8. The van der Waals surface area contributed by atoms with Gasteiger partial charge in [-0.3, -0.25) is 10.1 Å². The highest BCUT2D eigenvalue weighted by molar-refractivity contribution is 5.52. The van der Waals surface area contributed by atoms with Crippen molar-refractivity contribution in [2.24, 2.45) is 0 Å². The number of methoxy groups -OCH3 is 1. The van der Waals surface area contributed by atoms with Crippen LogP contribution in [-0.4, -0.2) is 24.2 Å². The van der Waals surface area contributed by atoms with Crippen LogP contribution in [0.2, 0.25) is 0 Å². The summed E-state index contributed by atoms with van der Waals surface area (Å²) < 4.78 is 11.2. The first-order chi connectivity index (χ1) is 9.60. The van der Waals surface area contributed by atoms with Crippen LogP contribution in [0.1, 0.15) is 31.2 Å². The van der Waals surface area contributed by atoms with Crippen molar-refractivity contribution in [2.75, 3.05) is 12.8 Å². The first-order valence-corrected chi connectivity index (χ1v) is 6.77. The van der Waals surface area contributed by atoms with E-state index < -0.39 is 4.92 Å². The number of nitrogen functional groups attached to an aromatic ring is 1. The van der Waals surface area contributed by atoms with Crippen molar-refractivity contribution in [2.45, 2.75) is 44.5 Å². The molecular weight excluding hydrogens is 260 g/mol. The van der Waals surface area contributed by atoms with E-state index in [1.54, 1.807) is 13.2 Å². The van der Waals surface area contributed by atoms with E-state index in [9.17, 15) is 10.1 Å². The SMILES string of the molecule is COC1CCCC(OCc2cc([N+](=O)[O-])ccc2N)C1. The third kappa shape index (κ3) is 3.68. The van der Waals surface area contributed by atoms with Crippen molar-refractivity contribution < 1.29 is 14.4 Å². The lowest BCUT2D eigenvalue weighted by Crippen LogP contribution is -2.27. The Morgan fingerprint density at radius 1 is 1.40 bits per heavy atom. The summed E-state index contributed by atoms with van der Waals surface area (Å²) in [5.74, 6) is 0. The smallest absolute Gasteiger partial charge is 0.269 e. The minimum atomic E-state index is -0.426. The van der Waals surface area contributed by atoms with Crippen molar-refractivity contribution >= 4 is 11.4 Å². The fourth-order valence-corrected chi connectivity index (χ4v) is 2.51. The van der Waals surface area contributed by atoms with E-state index in [0.717, 1.165) is 25.7 Å². The molecule has 2 rings (SSSR count). The molecule has 2 N–H and O–H groups in total. The number of nitro groups is 1. The zero-order valence-electron chi connectivity index (χ0n) is 11.6. The molecule has 0 radical (unpaired) electrons. The summed E-state index contributed by atoms with van der Waals surface area (Å²) in [5, 5.41) is 10.8. The Morgan fingerprint density at radius 3 is 2.85 bits per heavy atom. The van der Waals surface area contributed by atoms with Crippen molar-refractivity contribution in [3.05, 3.63) is 33.9 Å². The highest BCUT2D eigenvalue weighted by Gasteiger charge is 2.22. The second kappa shape index (κ2) is 6.67. The molecule has 0 heterocycles. The van der Waals surface area contributed by atoms with Gasteiger partial charge in [-0.1, -0.05) is 0 Å². The zero-order valence-corrected chi connectivity index (χ0v) is 11.6. The number of nitrogens with zero attached hydrogens (tertiary/aromatic N) is 1. The first-order valence-electron chi connectivity index (χ1n) is 6.77. The van der Waals surface area contributed by atoms with Crippen LogP contribution in [-0.2, 0) is 16.1 Å². The number of non-ortho nitro benzene ring substituents is 1. The number of anilines is 1.